The van der Waals surface area contributed by atoms with Crippen LogP contribution in [0.5, 0.6) is 0 Å². The van der Waals surface area contributed by atoms with E-state index < -0.39 is 0 Å². The van der Waals surface area contributed by atoms with Crippen LogP contribution in [-0.4, -0.2) is 34.5 Å². The highest BCUT2D eigenvalue weighted by Crippen LogP contribution is 2.11. The van der Waals surface area contributed by atoms with Gasteiger partial charge in [0.15, 0.2) is 0 Å². The summed E-state index contributed by atoms with van der Waals surface area (Å²) in [6.07, 6.45) is 7.47. The highest BCUT2D eigenvalue weighted by Gasteiger charge is 2.12. The van der Waals surface area contributed by atoms with Gasteiger partial charge >= 0.3 is 0 Å². The van der Waals surface area contributed by atoms with E-state index in [0.29, 0.717) is 0 Å². The van der Waals surface area contributed by atoms with Crippen molar-refractivity contribution >= 4 is 5.82 Å². The van der Waals surface area contributed by atoms with Crippen molar-refractivity contribution in [1.82, 2.24) is 14.9 Å². The average molecular weight is 220 g/mol. The van der Waals surface area contributed by atoms with Gasteiger partial charge in [-0.1, -0.05) is 6.92 Å². The Labute approximate surface area is 97.1 Å². The van der Waals surface area contributed by atoms with Crippen molar-refractivity contribution in [3.8, 4) is 0 Å². The fourth-order valence-corrected chi connectivity index (χ4v) is 1.95. The molecule has 1 aromatic heterocycles. The first-order valence-corrected chi connectivity index (χ1v) is 6.15. The maximum absolute atomic E-state index is 4.43. The molecule has 4 heteroatoms. The van der Waals surface area contributed by atoms with Crippen molar-refractivity contribution < 1.29 is 0 Å². The smallest absolute Gasteiger partial charge is 0.144 e. The van der Waals surface area contributed by atoms with Crippen LogP contribution in [0.3, 0.4) is 0 Å². The monoisotopic (exact) mass is 220 g/mol. The Morgan fingerprint density at radius 2 is 2.06 bits per heavy atom. The van der Waals surface area contributed by atoms with Crippen LogP contribution in [0.1, 0.15) is 31.9 Å². The quantitative estimate of drug-likeness (QED) is 0.822. The van der Waals surface area contributed by atoms with Gasteiger partial charge in [0.2, 0.25) is 0 Å². The summed E-state index contributed by atoms with van der Waals surface area (Å²) in [4.78, 5) is 11.2. The molecular weight excluding hydrogens is 200 g/mol. The van der Waals surface area contributed by atoms with Gasteiger partial charge in [0.25, 0.3) is 0 Å². The van der Waals surface area contributed by atoms with Gasteiger partial charge in [-0.05, 0) is 32.4 Å². The van der Waals surface area contributed by atoms with E-state index in [1.165, 1.54) is 25.9 Å². The Bertz CT molecular complexity index is 303. The van der Waals surface area contributed by atoms with Crippen LogP contribution in [0.25, 0.3) is 0 Å². The molecule has 0 atom stereocenters. The van der Waals surface area contributed by atoms with E-state index in [-0.39, 0.29) is 0 Å². The van der Waals surface area contributed by atoms with E-state index in [2.05, 4.69) is 27.1 Å². The van der Waals surface area contributed by atoms with Gasteiger partial charge in [0.05, 0.1) is 18.1 Å². The summed E-state index contributed by atoms with van der Waals surface area (Å²) in [5, 5.41) is 3.23. The molecule has 0 saturated carbocycles. The molecule has 1 saturated heterocycles. The Hall–Kier alpha value is -1.16. The summed E-state index contributed by atoms with van der Waals surface area (Å²) >= 11 is 0. The number of likely N-dealkylation sites (tertiary alicyclic amines) is 1. The third kappa shape index (κ3) is 3.17. The van der Waals surface area contributed by atoms with Gasteiger partial charge in [0, 0.05) is 13.1 Å². The fraction of sp³-hybridized carbons (Fsp3) is 0.667. The number of anilines is 1. The van der Waals surface area contributed by atoms with E-state index in [4.69, 9.17) is 0 Å². The van der Waals surface area contributed by atoms with Crippen LogP contribution in [0, 0.1) is 0 Å². The molecule has 0 radical (unpaired) electrons. The summed E-state index contributed by atoms with van der Waals surface area (Å²) in [6, 6.07) is 0. The van der Waals surface area contributed by atoms with Crippen molar-refractivity contribution in [2.75, 3.05) is 25.0 Å². The largest absolute Gasteiger partial charge is 0.369 e. The first-order chi connectivity index (χ1) is 7.88. The molecule has 88 valence electrons. The minimum atomic E-state index is 0.882. The third-order valence-electron chi connectivity index (χ3n) is 2.85. The first-order valence-electron chi connectivity index (χ1n) is 6.15. The zero-order chi connectivity index (χ0) is 11.2. The van der Waals surface area contributed by atoms with Crippen LogP contribution in [0.2, 0.25) is 0 Å². The molecule has 0 amide bonds. The van der Waals surface area contributed by atoms with E-state index in [1.54, 1.807) is 0 Å². The third-order valence-corrected chi connectivity index (χ3v) is 2.85. The molecule has 0 bridgehead atoms. The Morgan fingerprint density at radius 3 is 2.69 bits per heavy atom. The summed E-state index contributed by atoms with van der Waals surface area (Å²) in [7, 11) is 0. The zero-order valence-corrected chi connectivity index (χ0v) is 9.95. The standard InChI is InChI=1S/C12H20N4/c1-2-5-13-12-9-14-11(8-15-12)10-16-6-3-4-7-16/h8-9H,2-7,10H2,1H3,(H,13,15). The minimum absolute atomic E-state index is 0.882. The number of nitrogens with one attached hydrogen (secondary N) is 1. The van der Waals surface area contributed by atoms with E-state index in [9.17, 15) is 0 Å². The Balaban J connectivity index is 1.86. The summed E-state index contributed by atoms with van der Waals surface area (Å²) in [5.74, 6) is 0.882. The second kappa shape index (κ2) is 5.80. The molecule has 2 rings (SSSR count). The molecule has 4 nitrogen and oxygen atoms in total. The molecule has 0 spiro atoms. The zero-order valence-electron chi connectivity index (χ0n) is 9.95. The molecule has 1 aliphatic heterocycles. The van der Waals surface area contributed by atoms with Crippen molar-refractivity contribution in [1.29, 1.82) is 0 Å². The molecule has 1 aliphatic rings. The summed E-state index contributed by atoms with van der Waals surface area (Å²) < 4.78 is 0. The molecule has 2 heterocycles. The van der Waals surface area contributed by atoms with Crippen LogP contribution in [0.4, 0.5) is 5.82 Å². The van der Waals surface area contributed by atoms with Crippen LogP contribution in [0.15, 0.2) is 12.4 Å². The summed E-state index contributed by atoms with van der Waals surface area (Å²) in [5.41, 5.74) is 1.07. The summed E-state index contributed by atoms with van der Waals surface area (Å²) in [6.45, 7) is 6.46. The molecule has 16 heavy (non-hydrogen) atoms. The number of hydrogen-bond donors (Lipinski definition) is 1. The second-order valence-electron chi connectivity index (χ2n) is 4.30. The van der Waals surface area contributed by atoms with Crippen molar-refractivity contribution in [3.05, 3.63) is 18.1 Å². The van der Waals surface area contributed by atoms with Crippen LogP contribution >= 0.6 is 0 Å². The van der Waals surface area contributed by atoms with E-state index in [0.717, 1.165) is 31.0 Å². The number of aromatic nitrogens is 2. The van der Waals surface area contributed by atoms with Gasteiger partial charge in [0.1, 0.15) is 5.82 Å². The highest BCUT2D eigenvalue weighted by molar-refractivity contribution is 5.30. The maximum atomic E-state index is 4.43. The molecule has 0 unspecified atom stereocenters. The molecule has 1 fully saturated rings. The Morgan fingerprint density at radius 1 is 1.25 bits per heavy atom. The van der Waals surface area contributed by atoms with Crippen molar-refractivity contribution in [2.45, 2.75) is 32.7 Å². The average Bonchev–Trinajstić information content (AvgIpc) is 2.81. The van der Waals surface area contributed by atoms with Gasteiger partial charge in [-0.15, -0.1) is 0 Å². The Kier molecular flexibility index (Phi) is 4.10. The fourth-order valence-electron chi connectivity index (χ4n) is 1.95. The minimum Gasteiger partial charge on any atom is -0.369 e. The predicted octanol–water partition coefficient (Wildman–Crippen LogP) is 1.89. The lowest BCUT2D eigenvalue weighted by Gasteiger charge is -2.13. The van der Waals surface area contributed by atoms with Gasteiger partial charge in [-0.3, -0.25) is 9.88 Å². The van der Waals surface area contributed by atoms with Crippen molar-refractivity contribution in [3.63, 3.8) is 0 Å². The van der Waals surface area contributed by atoms with Gasteiger partial charge < -0.3 is 5.32 Å². The van der Waals surface area contributed by atoms with Crippen molar-refractivity contribution in [2.24, 2.45) is 0 Å². The van der Waals surface area contributed by atoms with E-state index in [1.807, 2.05) is 12.4 Å². The lowest BCUT2D eigenvalue weighted by Crippen LogP contribution is -2.19. The lowest BCUT2D eigenvalue weighted by molar-refractivity contribution is 0.327. The number of hydrogen-bond acceptors (Lipinski definition) is 4. The van der Waals surface area contributed by atoms with Crippen LogP contribution in [-0.2, 0) is 6.54 Å². The molecule has 1 N–H and O–H groups in total. The molecule has 0 aliphatic carbocycles. The van der Waals surface area contributed by atoms with Crippen LogP contribution < -0.4 is 5.32 Å². The molecular formula is C12H20N4. The predicted molar refractivity (Wildman–Crippen MR) is 65.3 cm³/mol. The maximum Gasteiger partial charge on any atom is 0.144 e. The normalized spacial score (nSPS) is 16.6. The van der Waals surface area contributed by atoms with E-state index >= 15 is 0 Å². The van der Waals surface area contributed by atoms with Gasteiger partial charge in [-0.2, -0.15) is 0 Å². The second-order valence-corrected chi connectivity index (χ2v) is 4.30. The topological polar surface area (TPSA) is 41.1 Å². The molecule has 0 aromatic carbocycles. The van der Waals surface area contributed by atoms with Gasteiger partial charge in [-0.25, -0.2) is 4.98 Å². The number of nitrogens with zero attached hydrogens (tertiary/aromatic N) is 3. The lowest BCUT2D eigenvalue weighted by atomic mass is 10.4. The SMILES string of the molecule is CCCNc1cnc(CN2CCCC2)cn1. The number of rotatable bonds is 5. The first kappa shape index (κ1) is 11.3. The highest BCUT2D eigenvalue weighted by atomic mass is 15.1. The molecule has 1 aromatic rings.